The fourth-order valence-corrected chi connectivity index (χ4v) is 4.80. The van der Waals surface area contributed by atoms with Gasteiger partial charge in [0.2, 0.25) is 5.91 Å². The van der Waals surface area contributed by atoms with Crippen molar-refractivity contribution in [2.24, 2.45) is 7.05 Å². The number of ether oxygens (including phenoxy) is 3. The molecule has 1 unspecified atom stereocenters. The van der Waals surface area contributed by atoms with Crippen LogP contribution in [0.25, 0.3) is 27.6 Å². The number of hydrogen-bond acceptors (Lipinski definition) is 6. The minimum atomic E-state index is -0.611. The van der Waals surface area contributed by atoms with Crippen molar-refractivity contribution in [2.45, 2.75) is 25.5 Å². The zero-order valence-corrected chi connectivity index (χ0v) is 20.4. The van der Waals surface area contributed by atoms with Crippen molar-refractivity contribution >= 4 is 27.8 Å². The Balaban J connectivity index is 1.71. The molecule has 1 saturated heterocycles. The van der Waals surface area contributed by atoms with Crippen LogP contribution in [0.5, 0.6) is 11.5 Å². The summed E-state index contributed by atoms with van der Waals surface area (Å²) in [4.78, 5) is 40.5. The number of carbonyl (C=O) groups is 1. The number of nitrogens with one attached hydrogen (secondary N) is 1. The van der Waals surface area contributed by atoms with Gasteiger partial charge in [0.25, 0.3) is 5.56 Å². The highest BCUT2D eigenvalue weighted by Gasteiger charge is 2.23. The van der Waals surface area contributed by atoms with Crippen LogP contribution < -0.4 is 26.0 Å². The molecular formula is C26H28N4O6. The summed E-state index contributed by atoms with van der Waals surface area (Å²) in [6, 6.07) is 12.0. The van der Waals surface area contributed by atoms with Crippen LogP contribution in [0.15, 0.2) is 52.1 Å². The van der Waals surface area contributed by atoms with E-state index in [1.54, 1.807) is 62.2 Å². The molecule has 4 aromatic rings. The van der Waals surface area contributed by atoms with E-state index in [4.69, 9.17) is 14.2 Å². The Morgan fingerprint density at radius 2 is 1.78 bits per heavy atom. The number of methoxy groups -OCH3 is 2. The van der Waals surface area contributed by atoms with Gasteiger partial charge in [0, 0.05) is 25.6 Å². The Labute approximate surface area is 206 Å². The lowest BCUT2D eigenvalue weighted by atomic mass is 10.2. The average molecular weight is 493 g/mol. The van der Waals surface area contributed by atoms with Crippen LogP contribution in [0.2, 0.25) is 0 Å². The van der Waals surface area contributed by atoms with Gasteiger partial charge < -0.3 is 24.1 Å². The fourth-order valence-electron chi connectivity index (χ4n) is 4.80. The number of hydrogen-bond donors (Lipinski definition) is 1. The summed E-state index contributed by atoms with van der Waals surface area (Å²) in [5.74, 6) is 0.836. The molecule has 0 bridgehead atoms. The highest BCUT2D eigenvalue weighted by molar-refractivity contribution is 6.06. The first-order chi connectivity index (χ1) is 17.4. The summed E-state index contributed by atoms with van der Waals surface area (Å²) in [7, 11) is 4.86. The number of nitrogens with zero attached hydrogens (tertiary/aromatic N) is 3. The van der Waals surface area contributed by atoms with Crippen LogP contribution >= 0.6 is 0 Å². The second-order valence-electron chi connectivity index (χ2n) is 8.79. The van der Waals surface area contributed by atoms with Crippen molar-refractivity contribution in [2.75, 3.05) is 27.4 Å². The maximum absolute atomic E-state index is 13.8. The number of rotatable bonds is 7. The standard InChI is InChI=1S/C26H28N4O6/c1-28-21-11-10-18(35-3)13-20(21)23-24(28)25(32)30(16-6-8-17(34-2)9-7-16)26(33)29(23)15-22(31)27-14-19-5-4-12-36-19/h6-11,13,19H,4-5,12,14-15H2,1-3H3,(H,27,31). The predicted octanol–water partition coefficient (Wildman–Crippen LogP) is 1.96. The molecule has 10 nitrogen and oxygen atoms in total. The summed E-state index contributed by atoms with van der Waals surface area (Å²) in [6.45, 7) is 0.804. The highest BCUT2D eigenvalue weighted by Crippen LogP contribution is 2.29. The summed E-state index contributed by atoms with van der Waals surface area (Å²) in [5.41, 5.74) is 0.723. The second kappa shape index (κ2) is 9.54. The normalized spacial score (nSPS) is 15.5. The van der Waals surface area contributed by atoms with E-state index >= 15 is 0 Å². The lowest BCUT2D eigenvalue weighted by Gasteiger charge is -2.15. The van der Waals surface area contributed by atoms with Crippen molar-refractivity contribution in [3.8, 4) is 17.2 Å². The molecule has 0 aliphatic carbocycles. The van der Waals surface area contributed by atoms with Gasteiger partial charge in [-0.3, -0.25) is 14.2 Å². The van der Waals surface area contributed by atoms with Gasteiger partial charge in [0.15, 0.2) is 0 Å². The molecule has 1 aliphatic rings. The molecule has 1 N–H and O–H groups in total. The van der Waals surface area contributed by atoms with E-state index < -0.39 is 11.2 Å². The third-order valence-corrected chi connectivity index (χ3v) is 6.66. The summed E-state index contributed by atoms with van der Waals surface area (Å²) in [6.07, 6.45) is 1.82. The van der Waals surface area contributed by atoms with Crippen LogP contribution in [-0.2, 0) is 23.1 Å². The maximum Gasteiger partial charge on any atom is 0.336 e. The van der Waals surface area contributed by atoms with E-state index in [1.165, 1.54) is 4.57 Å². The second-order valence-corrected chi connectivity index (χ2v) is 8.79. The quantitative estimate of drug-likeness (QED) is 0.423. The zero-order valence-electron chi connectivity index (χ0n) is 20.4. The van der Waals surface area contributed by atoms with E-state index in [-0.39, 0.29) is 18.6 Å². The number of fused-ring (bicyclic) bond motifs is 3. The molecule has 0 saturated carbocycles. The number of carbonyl (C=O) groups excluding carboxylic acids is 1. The average Bonchev–Trinajstić information content (AvgIpc) is 3.52. The van der Waals surface area contributed by atoms with Crippen LogP contribution in [0.1, 0.15) is 12.8 Å². The number of aryl methyl sites for hydroxylation is 1. The third-order valence-electron chi connectivity index (χ3n) is 6.66. The molecule has 5 rings (SSSR count). The highest BCUT2D eigenvalue weighted by atomic mass is 16.5. The molecule has 2 aromatic heterocycles. The largest absolute Gasteiger partial charge is 0.497 e. The van der Waals surface area contributed by atoms with E-state index in [0.717, 1.165) is 22.9 Å². The van der Waals surface area contributed by atoms with Crippen molar-refractivity contribution < 1.29 is 19.0 Å². The van der Waals surface area contributed by atoms with Crippen molar-refractivity contribution in [1.82, 2.24) is 19.0 Å². The molecular weight excluding hydrogens is 464 g/mol. The molecule has 0 spiro atoms. The van der Waals surface area contributed by atoms with Gasteiger partial charge in [-0.15, -0.1) is 0 Å². The molecule has 1 amide bonds. The van der Waals surface area contributed by atoms with Crippen LogP contribution in [0, 0.1) is 0 Å². The van der Waals surface area contributed by atoms with Gasteiger partial charge in [0.05, 0.1) is 37.0 Å². The molecule has 2 aromatic carbocycles. The van der Waals surface area contributed by atoms with Gasteiger partial charge in [-0.05, 0) is 55.3 Å². The molecule has 1 atom stereocenters. The SMILES string of the molecule is COc1ccc(-n2c(=O)c3c(c4cc(OC)ccc4n3C)n(CC(=O)NCC3CCCO3)c2=O)cc1. The maximum atomic E-state index is 13.8. The minimum Gasteiger partial charge on any atom is -0.497 e. The number of benzene rings is 2. The van der Waals surface area contributed by atoms with E-state index in [9.17, 15) is 14.4 Å². The fraction of sp³-hybridized carbons (Fsp3) is 0.346. The van der Waals surface area contributed by atoms with E-state index in [1.807, 2.05) is 6.07 Å². The van der Waals surface area contributed by atoms with E-state index in [0.29, 0.717) is 46.8 Å². The molecule has 0 radical (unpaired) electrons. The zero-order chi connectivity index (χ0) is 25.4. The Hall–Kier alpha value is -4.05. The van der Waals surface area contributed by atoms with Gasteiger partial charge in [-0.25, -0.2) is 9.36 Å². The van der Waals surface area contributed by atoms with Crippen LogP contribution in [0.3, 0.4) is 0 Å². The van der Waals surface area contributed by atoms with Gasteiger partial charge >= 0.3 is 5.69 Å². The van der Waals surface area contributed by atoms with Crippen LogP contribution in [-0.4, -0.2) is 53.1 Å². The molecule has 1 aliphatic heterocycles. The van der Waals surface area contributed by atoms with E-state index in [2.05, 4.69) is 5.32 Å². The summed E-state index contributed by atoms with van der Waals surface area (Å²) >= 11 is 0. The first-order valence-electron chi connectivity index (χ1n) is 11.8. The van der Waals surface area contributed by atoms with Crippen LogP contribution in [0.4, 0.5) is 0 Å². The monoisotopic (exact) mass is 492 g/mol. The lowest BCUT2D eigenvalue weighted by Crippen LogP contribution is -2.43. The van der Waals surface area contributed by atoms with Gasteiger partial charge in [-0.1, -0.05) is 0 Å². The van der Waals surface area contributed by atoms with Gasteiger partial charge in [0.1, 0.15) is 23.6 Å². The third kappa shape index (κ3) is 4.03. The molecule has 3 heterocycles. The molecule has 36 heavy (non-hydrogen) atoms. The Kier molecular flexibility index (Phi) is 6.27. The Morgan fingerprint density at radius 3 is 2.44 bits per heavy atom. The lowest BCUT2D eigenvalue weighted by molar-refractivity contribution is -0.122. The minimum absolute atomic E-state index is 0.0271. The molecule has 10 heteroatoms. The van der Waals surface area contributed by atoms with Crippen molar-refractivity contribution in [3.63, 3.8) is 0 Å². The Morgan fingerprint density at radius 1 is 1.06 bits per heavy atom. The Bertz CT molecular complexity index is 1560. The summed E-state index contributed by atoms with van der Waals surface area (Å²) in [5, 5.41) is 3.52. The first-order valence-corrected chi connectivity index (χ1v) is 11.8. The van der Waals surface area contributed by atoms with Crippen molar-refractivity contribution in [1.29, 1.82) is 0 Å². The molecule has 188 valence electrons. The topological polar surface area (TPSA) is 106 Å². The first kappa shape index (κ1) is 23.7. The summed E-state index contributed by atoms with van der Waals surface area (Å²) < 4.78 is 20.4. The molecule has 1 fully saturated rings. The smallest absolute Gasteiger partial charge is 0.336 e. The van der Waals surface area contributed by atoms with Gasteiger partial charge in [-0.2, -0.15) is 0 Å². The van der Waals surface area contributed by atoms with Crippen molar-refractivity contribution in [3.05, 3.63) is 63.3 Å². The number of aromatic nitrogens is 3. The predicted molar refractivity (Wildman–Crippen MR) is 135 cm³/mol. The number of amides is 1.